The zero-order valence-electron chi connectivity index (χ0n) is 12.4. The second kappa shape index (κ2) is 10.9. The molecule has 1 aromatic rings. The van der Waals surface area contributed by atoms with Crippen molar-refractivity contribution < 1.29 is 14.3 Å². The Hall–Kier alpha value is -0.780. The molecule has 0 spiro atoms. The molecule has 0 radical (unpaired) electrons. The first-order valence-electron chi connectivity index (χ1n) is 7.05. The van der Waals surface area contributed by atoms with Crippen LogP contribution in [0.15, 0.2) is 12.4 Å². The lowest BCUT2D eigenvalue weighted by Crippen LogP contribution is -2.06. The number of hydrogen-bond donors (Lipinski definition) is 0. The molecule has 0 aliphatic carbocycles. The molecule has 0 aromatic carbocycles. The lowest BCUT2D eigenvalue weighted by atomic mass is 10.1. The normalized spacial score (nSPS) is 10.5. The van der Waals surface area contributed by atoms with Gasteiger partial charge in [-0.05, 0) is 24.8 Å². The van der Waals surface area contributed by atoms with Crippen molar-refractivity contribution in [3.05, 3.63) is 28.0 Å². The number of aromatic nitrogens is 1. The summed E-state index contributed by atoms with van der Waals surface area (Å²) in [4.78, 5) is 26.2. The van der Waals surface area contributed by atoms with E-state index >= 15 is 0 Å². The summed E-state index contributed by atoms with van der Waals surface area (Å²) < 4.78 is 4.44. The molecule has 0 unspecified atom stereocenters. The highest BCUT2D eigenvalue weighted by Crippen LogP contribution is 2.25. The van der Waals surface area contributed by atoms with Crippen LogP contribution in [0.2, 0.25) is 10.0 Å². The third kappa shape index (κ3) is 7.47. The Morgan fingerprint density at radius 1 is 1.14 bits per heavy atom. The lowest BCUT2D eigenvalue weighted by molar-refractivity contribution is -0.141. The molecule has 0 saturated carbocycles. The van der Waals surface area contributed by atoms with E-state index in [4.69, 9.17) is 23.2 Å². The predicted octanol–water partition coefficient (Wildman–Crippen LogP) is 4.31. The number of halogens is 2. The minimum atomic E-state index is -0.483. The van der Waals surface area contributed by atoms with Gasteiger partial charge in [-0.3, -0.25) is 14.6 Å². The molecule has 1 aromatic heterocycles. The Bertz CT molecular complexity index is 491. The van der Waals surface area contributed by atoms with Crippen LogP contribution in [-0.2, 0) is 20.7 Å². The topological polar surface area (TPSA) is 56.3 Å². The van der Waals surface area contributed by atoms with Gasteiger partial charge in [0, 0.05) is 18.1 Å². The highest BCUT2D eigenvalue weighted by Gasteiger charge is 2.09. The summed E-state index contributed by atoms with van der Waals surface area (Å²) in [5.74, 6) is 0.246. The summed E-state index contributed by atoms with van der Waals surface area (Å²) >= 11 is 13.3. The summed E-state index contributed by atoms with van der Waals surface area (Å²) in [5.41, 5.74) is 0.945. The van der Waals surface area contributed by atoms with Crippen LogP contribution in [0.4, 0.5) is 0 Å². The quantitative estimate of drug-likeness (QED) is 0.371. The van der Waals surface area contributed by atoms with Gasteiger partial charge in [0.1, 0.15) is 6.42 Å². The number of thioether (sulfide) groups is 1. The molecule has 22 heavy (non-hydrogen) atoms. The van der Waals surface area contributed by atoms with E-state index in [1.54, 1.807) is 12.4 Å². The van der Waals surface area contributed by atoms with Gasteiger partial charge in [0.05, 0.1) is 17.2 Å². The summed E-state index contributed by atoms with van der Waals surface area (Å²) in [5, 5.41) is 1.08. The first-order chi connectivity index (χ1) is 10.5. The van der Waals surface area contributed by atoms with Crippen LogP contribution in [0.5, 0.6) is 0 Å². The van der Waals surface area contributed by atoms with Gasteiger partial charge in [0.15, 0.2) is 5.12 Å². The third-order valence-electron chi connectivity index (χ3n) is 3.05. The van der Waals surface area contributed by atoms with Crippen molar-refractivity contribution in [3.8, 4) is 0 Å². The summed E-state index contributed by atoms with van der Waals surface area (Å²) in [6.07, 6.45) is 7.88. The molecule has 1 heterocycles. The van der Waals surface area contributed by atoms with Crippen molar-refractivity contribution in [1.82, 2.24) is 4.98 Å². The molecule has 0 aliphatic heterocycles. The number of ether oxygens (including phenoxy) is 1. The van der Waals surface area contributed by atoms with Gasteiger partial charge in [0.2, 0.25) is 0 Å². The monoisotopic (exact) mass is 363 g/mol. The van der Waals surface area contributed by atoms with Crippen molar-refractivity contribution in [2.24, 2.45) is 0 Å². The summed E-state index contributed by atoms with van der Waals surface area (Å²) in [6, 6.07) is 0. The zero-order valence-corrected chi connectivity index (χ0v) is 14.8. The van der Waals surface area contributed by atoms with Crippen LogP contribution < -0.4 is 0 Å². The molecule has 122 valence electrons. The van der Waals surface area contributed by atoms with Crippen molar-refractivity contribution >= 4 is 46.0 Å². The number of methoxy groups -OCH3 is 1. The second-order valence-electron chi connectivity index (χ2n) is 4.72. The first-order valence-corrected chi connectivity index (χ1v) is 8.79. The Kier molecular flexibility index (Phi) is 9.52. The fraction of sp³-hybridized carbons (Fsp3) is 0.533. The number of carbonyl (C=O) groups excluding carboxylic acids is 2. The van der Waals surface area contributed by atoms with Crippen molar-refractivity contribution in [2.45, 2.75) is 38.5 Å². The highest BCUT2D eigenvalue weighted by atomic mass is 35.5. The fourth-order valence-electron chi connectivity index (χ4n) is 1.86. The van der Waals surface area contributed by atoms with Crippen LogP contribution in [0.3, 0.4) is 0 Å². The molecule has 0 bridgehead atoms. The maximum atomic E-state index is 11.4. The first kappa shape index (κ1) is 19.3. The van der Waals surface area contributed by atoms with Gasteiger partial charge in [-0.25, -0.2) is 0 Å². The molecule has 0 saturated heterocycles. The number of hydrogen-bond acceptors (Lipinski definition) is 5. The molecule has 0 amide bonds. The standard InChI is InChI=1S/C15H19Cl2NO3S/c1-21-14(19)8-15(20)22-7-5-3-2-4-6-11-12(16)9-18-10-13(11)17/h9-10H,2-8H2,1H3. The molecule has 0 atom stereocenters. The number of carbonyl (C=O) groups is 2. The van der Waals surface area contributed by atoms with E-state index in [2.05, 4.69) is 9.72 Å². The minimum absolute atomic E-state index is 0.137. The maximum Gasteiger partial charge on any atom is 0.313 e. The molecule has 0 fully saturated rings. The lowest BCUT2D eigenvalue weighted by Gasteiger charge is -2.06. The third-order valence-corrected chi connectivity index (χ3v) is 4.66. The van der Waals surface area contributed by atoms with E-state index < -0.39 is 5.97 Å². The van der Waals surface area contributed by atoms with E-state index in [-0.39, 0.29) is 11.5 Å². The van der Waals surface area contributed by atoms with Gasteiger partial charge >= 0.3 is 5.97 Å². The molecular weight excluding hydrogens is 345 g/mol. The van der Waals surface area contributed by atoms with Crippen molar-refractivity contribution in [3.63, 3.8) is 0 Å². The van der Waals surface area contributed by atoms with E-state index in [0.717, 1.165) is 43.4 Å². The average Bonchev–Trinajstić information content (AvgIpc) is 2.48. The van der Waals surface area contributed by atoms with Crippen LogP contribution >= 0.6 is 35.0 Å². The number of nitrogens with zero attached hydrogens (tertiary/aromatic N) is 1. The Labute approximate surface area is 144 Å². The number of esters is 1. The van der Waals surface area contributed by atoms with E-state index in [9.17, 15) is 9.59 Å². The number of pyridine rings is 1. The van der Waals surface area contributed by atoms with Gasteiger partial charge in [-0.1, -0.05) is 47.8 Å². The van der Waals surface area contributed by atoms with Crippen molar-refractivity contribution in [1.29, 1.82) is 0 Å². The fourth-order valence-corrected chi connectivity index (χ4v) is 3.21. The van der Waals surface area contributed by atoms with Crippen LogP contribution in [0.25, 0.3) is 0 Å². The summed E-state index contributed by atoms with van der Waals surface area (Å²) in [6.45, 7) is 0. The SMILES string of the molecule is COC(=O)CC(=O)SCCCCCCc1c(Cl)cncc1Cl. The van der Waals surface area contributed by atoms with E-state index in [1.165, 1.54) is 18.9 Å². The minimum Gasteiger partial charge on any atom is -0.469 e. The number of unbranched alkanes of at least 4 members (excludes halogenated alkanes) is 3. The Morgan fingerprint density at radius 3 is 2.41 bits per heavy atom. The van der Waals surface area contributed by atoms with Gasteiger partial charge < -0.3 is 4.74 Å². The smallest absolute Gasteiger partial charge is 0.313 e. The van der Waals surface area contributed by atoms with Gasteiger partial charge in [0.25, 0.3) is 0 Å². The van der Waals surface area contributed by atoms with E-state index in [0.29, 0.717) is 10.0 Å². The number of rotatable bonds is 9. The molecule has 0 aliphatic rings. The molecule has 4 nitrogen and oxygen atoms in total. The van der Waals surface area contributed by atoms with Crippen LogP contribution in [0.1, 0.15) is 37.7 Å². The molecular formula is C15H19Cl2NO3S. The Morgan fingerprint density at radius 2 is 1.77 bits per heavy atom. The highest BCUT2D eigenvalue weighted by molar-refractivity contribution is 8.13. The van der Waals surface area contributed by atoms with Gasteiger partial charge in [-0.2, -0.15) is 0 Å². The predicted molar refractivity (Wildman–Crippen MR) is 90.5 cm³/mol. The van der Waals surface area contributed by atoms with Gasteiger partial charge in [-0.15, -0.1) is 0 Å². The molecule has 0 N–H and O–H groups in total. The molecule has 1 rings (SSSR count). The van der Waals surface area contributed by atoms with E-state index in [1.807, 2.05) is 0 Å². The zero-order chi connectivity index (χ0) is 16.4. The molecule has 7 heteroatoms. The summed E-state index contributed by atoms with van der Waals surface area (Å²) in [7, 11) is 1.28. The van der Waals surface area contributed by atoms with Crippen LogP contribution in [-0.4, -0.2) is 28.9 Å². The van der Waals surface area contributed by atoms with Crippen molar-refractivity contribution in [2.75, 3.05) is 12.9 Å². The second-order valence-corrected chi connectivity index (χ2v) is 6.69. The Balaban J connectivity index is 2.09. The van der Waals surface area contributed by atoms with Crippen LogP contribution in [0, 0.1) is 0 Å². The largest absolute Gasteiger partial charge is 0.469 e. The average molecular weight is 364 g/mol. The maximum absolute atomic E-state index is 11.4.